The molecule has 2 rings (SSSR count). The van der Waals surface area contributed by atoms with E-state index in [1.165, 1.54) is 0 Å². The lowest BCUT2D eigenvalue weighted by atomic mass is 10.2. The number of rotatable bonds is 5. The number of hydrogen-bond acceptors (Lipinski definition) is 4. The van der Waals surface area contributed by atoms with Crippen molar-refractivity contribution >= 4 is 11.7 Å². The monoisotopic (exact) mass is 263 g/mol. The third-order valence-corrected chi connectivity index (χ3v) is 3.44. The Bertz CT molecular complexity index is 410. The molecule has 0 amide bonds. The van der Waals surface area contributed by atoms with Crippen LogP contribution in [0.1, 0.15) is 30.1 Å². The molecule has 0 unspecified atom stereocenters. The first-order chi connectivity index (χ1) is 9.20. The Balaban J connectivity index is 1.88. The Hall–Kier alpha value is -1.55. The molecule has 1 aliphatic rings. The number of nitrogens with zero attached hydrogens (tertiary/aromatic N) is 1. The molecule has 0 saturated carbocycles. The van der Waals surface area contributed by atoms with Crippen molar-refractivity contribution in [3.05, 3.63) is 29.8 Å². The number of carbonyl (C=O) groups is 1. The van der Waals surface area contributed by atoms with Crippen LogP contribution in [0.2, 0.25) is 0 Å². The van der Waals surface area contributed by atoms with Gasteiger partial charge in [-0.15, -0.1) is 0 Å². The summed E-state index contributed by atoms with van der Waals surface area (Å²) in [6.45, 7) is 4.16. The van der Waals surface area contributed by atoms with Gasteiger partial charge in [-0.3, -0.25) is 0 Å². The van der Waals surface area contributed by atoms with E-state index in [1.54, 1.807) is 12.1 Å². The lowest BCUT2D eigenvalue weighted by Gasteiger charge is -2.16. The fourth-order valence-electron chi connectivity index (χ4n) is 2.06. The van der Waals surface area contributed by atoms with E-state index in [0.717, 1.165) is 31.7 Å². The minimum Gasteiger partial charge on any atom is -0.459 e. The molecular weight excluding hydrogens is 242 g/mol. The molecule has 0 N–H and O–H groups in total. The van der Waals surface area contributed by atoms with Gasteiger partial charge in [0.2, 0.25) is 0 Å². The normalized spacial score (nSPS) is 18.3. The first kappa shape index (κ1) is 13.9. The van der Waals surface area contributed by atoms with Gasteiger partial charge in [-0.05, 0) is 44.0 Å². The van der Waals surface area contributed by atoms with Gasteiger partial charge >= 0.3 is 5.97 Å². The highest BCUT2D eigenvalue weighted by atomic mass is 16.6. The topological polar surface area (TPSA) is 38.8 Å². The second-order valence-corrected chi connectivity index (χ2v) is 4.79. The summed E-state index contributed by atoms with van der Waals surface area (Å²) in [5.41, 5.74) is 1.68. The fourth-order valence-corrected chi connectivity index (χ4v) is 2.06. The molecule has 1 aliphatic heterocycles. The number of hydrogen-bond donors (Lipinski definition) is 0. The van der Waals surface area contributed by atoms with Crippen molar-refractivity contribution in [3.8, 4) is 0 Å². The van der Waals surface area contributed by atoms with Gasteiger partial charge in [0, 0.05) is 25.9 Å². The summed E-state index contributed by atoms with van der Waals surface area (Å²) < 4.78 is 10.7. The maximum absolute atomic E-state index is 11.9. The van der Waals surface area contributed by atoms with E-state index in [1.807, 2.05) is 19.2 Å². The minimum atomic E-state index is -0.277. The first-order valence-corrected chi connectivity index (χ1v) is 6.80. The van der Waals surface area contributed by atoms with Crippen LogP contribution in [0.4, 0.5) is 5.69 Å². The lowest BCUT2D eigenvalue weighted by Crippen LogP contribution is -2.18. The molecule has 1 heterocycles. The van der Waals surface area contributed by atoms with Crippen LogP contribution in [-0.2, 0) is 9.47 Å². The molecule has 0 radical (unpaired) electrons. The number of ether oxygens (including phenoxy) is 2. The molecule has 0 aromatic heterocycles. The van der Waals surface area contributed by atoms with Gasteiger partial charge < -0.3 is 14.4 Å². The zero-order chi connectivity index (χ0) is 13.7. The molecule has 1 saturated heterocycles. The molecule has 4 nitrogen and oxygen atoms in total. The predicted molar refractivity (Wildman–Crippen MR) is 74.6 cm³/mol. The highest BCUT2D eigenvalue weighted by Gasteiger charge is 2.18. The van der Waals surface area contributed by atoms with Crippen molar-refractivity contribution in [2.75, 3.05) is 31.7 Å². The van der Waals surface area contributed by atoms with Crippen molar-refractivity contribution < 1.29 is 14.3 Å². The summed E-state index contributed by atoms with van der Waals surface area (Å²) in [7, 11) is 2.02. The molecule has 4 heteroatoms. The van der Waals surface area contributed by atoms with E-state index >= 15 is 0 Å². The van der Waals surface area contributed by atoms with Gasteiger partial charge in [0.15, 0.2) is 0 Å². The van der Waals surface area contributed by atoms with Gasteiger partial charge in [0.1, 0.15) is 6.61 Å². The zero-order valence-electron chi connectivity index (χ0n) is 11.6. The average molecular weight is 263 g/mol. The Morgan fingerprint density at radius 2 is 2.16 bits per heavy atom. The minimum absolute atomic E-state index is 0.0782. The van der Waals surface area contributed by atoms with Crippen LogP contribution < -0.4 is 4.90 Å². The Kier molecular flexibility index (Phi) is 4.80. The number of esters is 1. The lowest BCUT2D eigenvalue weighted by molar-refractivity contribution is 0.0161. The Labute approximate surface area is 114 Å². The third kappa shape index (κ3) is 3.70. The highest BCUT2D eigenvalue weighted by molar-refractivity contribution is 5.89. The van der Waals surface area contributed by atoms with Crippen LogP contribution in [0.25, 0.3) is 0 Å². The van der Waals surface area contributed by atoms with E-state index in [9.17, 15) is 4.79 Å². The summed E-state index contributed by atoms with van der Waals surface area (Å²) in [4.78, 5) is 14.0. The van der Waals surface area contributed by atoms with E-state index in [4.69, 9.17) is 9.47 Å². The van der Waals surface area contributed by atoms with Crippen molar-refractivity contribution in [1.82, 2.24) is 0 Å². The van der Waals surface area contributed by atoms with Gasteiger partial charge in [-0.1, -0.05) is 0 Å². The first-order valence-electron chi connectivity index (χ1n) is 6.80. The molecule has 19 heavy (non-hydrogen) atoms. The summed E-state index contributed by atoms with van der Waals surface area (Å²) >= 11 is 0. The van der Waals surface area contributed by atoms with Crippen LogP contribution in [0, 0.1) is 0 Å². The quantitative estimate of drug-likeness (QED) is 0.765. The highest BCUT2D eigenvalue weighted by Crippen LogP contribution is 2.16. The molecule has 0 aliphatic carbocycles. The van der Waals surface area contributed by atoms with E-state index < -0.39 is 0 Å². The summed E-state index contributed by atoms with van der Waals surface area (Å²) in [5, 5.41) is 0. The molecular formula is C15H21NO3. The molecule has 1 atom stereocenters. The largest absolute Gasteiger partial charge is 0.459 e. The summed E-state index contributed by atoms with van der Waals surface area (Å²) in [6, 6.07) is 7.48. The standard InChI is InChI=1S/C15H21NO3/c1-3-16(2)13-8-6-12(7-9-13)15(17)19-11-14-5-4-10-18-14/h6-9,14H,3-5,10-11H2,1-2H3/t14-/m0/s1. The van der Waals surface area contributed by atoms with Crippen molar-refractivity contribution in [3.63, 3.8) is 0 Å². The van der Waals surface area contributed by atoms with Crippen molar-refractivity contribution in [2.45, 2.75) is 25.9 Å². The summed E-state index contributed by atoms with van der Waals surface area (Å²) in [5.74, 6) is -0.277. The van der Waals surface area contributed by atoms with Crippen LogP contribution in [0.15, 0.2) is 24.3 Å². The predicted octanol–water partition coefficient (Wildman–Crippen LogP) is 2.48. The van der Waals surface area contributed by atoms with Crippen LogP contribution >= 0.6 is 0 Å². The maximum Gasteiger partial charge on any atom is 0.338 e. The van der Waals surface area contributed by atoms with E-state index in [0.29, 0.717) is 12.2 Å². The zero-order valence-corrected chi connectivity index (χ0v) is 11.6. The number of benzene rings is 1. The third-order valence-electron chi connectivity index (χ3n) is 3.44. The second-order valence-electron chi connectivity index (χ2n) is 4.79. The van der Waals surface area contributed by atoms with Gasteiger partial charge in [0.25, 0.3) is 0 Å². The SMILES string of the molecule is CCN(C)c1ccc(C(=O)OC[C@@H]2CCCO2)cc1. The van der Waals surface area contributed by atoms with Crippen molar-refractivity contribution in [2.24, 2.45) is 0 Å². The van der Waals surface area contributed by atoms with Crippen molar-refractivity contribution in [1.29, 1.82) is 0 Å². The van der Waals surface area contributed by atoms with Crippen LogP contribution in [0.5, 0.6) is 0 Å². The average Bonchev–Trinajstić information content (AvgIpc) is 2.97. The molecule has 104 valence electrons. The van der Waals surface area contributed by atoms with E-state index in [2.05, 4.69) is 11.8 Å². The van der Waals surface area contributed by atoms with E-state index in [-0.39, 0.29) is 12.1 Å². The number of anilines is 1. The summed E-state index contributed by atoms with van der Waals surface area (Å²) in [6.07, 6.45) is 2.11. The second kappa shape index (κ2) is 6.57. The van der Waals surface area contributed by atoms with Gasteiger partial charge in [-0.2, -0.15) is 0 Å². The molecule has 1 aromatic rings. The molecule has 0 spiro atoms. The Morgan fingerprint density at radius 1 is 1.42 bits per heavy atom. The van der Waals surface area contributed by atoms with Crippen LogP contribution in [-0.4, -0.2) is 38.9 Å². The molecule has 0 bridgehead atoms. The fraction of sp³-hybridized carbons (Fsp3) is 0.533. The van der Waals surface area contributed by atoms with Gasteiger partial charge in [-0.25, -0.2) is 4.79 Å². The van der Waals surface area contributed by atoms with Gasteiger partial charge in [0.05, 0.1) is 11.7 Å². The Morgan fingerprint density at radius 3 is 2.74 bits per heavy atom. The number of carbonyl (C=O) groups excluding carboxylic acids is 1. The van der Waals surface area contributed by atoms with Crippen LogP contribution in [0.3, 0.4) is 0 Å². The molecule has 1 fully saturated rings. The molecule has 1 aromatic carbocycles. The smallest absolute Gasteiger partial charge is 0.338 e. The maximum atomic E-state index is 11.9.